The standard InChI is InChI=1S/C15H20N4O4.C13H16N4O4/c1-2-23-14(21)9-19-15(22)11-3-10(5-16-6-11)4-13-17-7-12(20)8-18-13;18-10-5-15-11(16-6-10)2-8-1-9(4-14-3-8)13(21)17-7-12(19)20/h3,5-6,12,20H,2,4,7-9H2,1H3,(H,17,18)(H,19,22);1,3-4,10,18H,2,5-7H2,(H,15,16)(H,17,21)(H,19,20). The quantitative estimate of drug-likeness (QED) is 0.138. The van der Waals surface area contributed by atoms with Gasteiger partial charge in [-0.2, -0.15) is 0 Å². The van der Waals surface area contributed by atoms with Crippen LogP contribution in [0.1, 0.15) is 38.8 Å². The second kappa shape index (κ2) is 17.2. The summed E-state index contributed by atoms with van der Waals surface area (Å²) in [5.41, 5.74) is 2.26. The van der Waals surface area contributed by atoms with Crippen LogP contribution in [0.5, 0.6) is 0 Å². The van der Waals surface area contributed by atoms with Gasteiger partial charge in [-0.25, -0.2) is 0 Å². The molecule has 0 aliphatic carbocycles. The Morgan fingerprint density at radius 1 is 0.818 bits per heavy atom. The molecule has 16 nitrogen and oxygen atoms in total. The van der Waals surface area contributed by atoms with E-state index in [2.05, 4.69) is 41.2 Å². The van der Waals surface area contributed by atoms with Gasteiger partial charge in [0.05, 0.1) is 43.0 Å². The van der Waals surface area contributed by atoms with Gasteiger partial charge >= 0.3 is 11.9 Å². The van der Waals surface area contributed by atoms with Crippen molar-refractivity contribution in [3.63, 3.8) is 0 Å². The molecule has 2 atom stereocenters. The number of amidine groups is 2. The third-order valence-corrected chi connectivity index (χ3v) is 6.03. The van der Waals surface area contributed by atoms with Crippen molar-refractivity contribution in [3.8, 4) is 0 Å². The maximum Gasteiger partial charge on any atom is 0.325 e. The Balaban J connectivity index is 0.000000241. The summed E-state index contributed by atoms with van der Waals surface area (Å²) in [6.45, 7) is 3.00. The highest BCUT2D eigenvalue weighted by atomic mass is 16.5. The zero-order valence-electron chi connectivity index (χ0n) is 24.2. The molecular weight excluding hydrogens is 576 g/mol. The molecule has 2 aromatic heterocycles. The van der Waals surface area contributed by atoms with Crippen LogP contribution >= 0.6 is 0 Å². The molecule has 4 rings (SSSR count). The van der Waals surface area contributed by atoms with E-state index in [1.54, 1.807) is 31.5 Å². The number of aliphatic hydroxyl groups excluding tert-OH is 2. The smallest absolute Gasteiger partial charge is 0.325 e. The predicted molar refractivity (Wildman–Crippen MR) is 157 cm³/mol. The number of nitrogens with one attached hydrogen (secondary N) is 4. The lowest BCUT2D eigenvalue weighted by molar-refractivity contribution is -0.141. The number of hydrogen-bond donors (Lipinski definition) is 7. The molecule has 2 unspecified atom stereocenters. The molecule has 16 heteroatoms. The molecule has 0 fully saturated rings. The molecule has 7 N–H and O–H groups in total. The molecule has 236 valence electrons. The van der Waals surface area contributed by atoms with Crippen LogP contribution in [0.25, 0.3) is 0 Å². The fourth-order valence-electron chi connectivity index (χ4n) is 3.91. The third-order valence-electron chi connectivity index (χ3n) is 6.03. The van der Waals surface area contributed by atoms with Crippen molar-refractivity contribution in [1.82, 2.24) is 31.2 Å². The summed E-state index contributed by atoms with van der Waals surface area (Å²) < 4.78 is 4.75. The second-order valence-electron chi connectivity index (χ2n) is 9.73. The van der Waals surface area contributed by atoms with Crippen LogP contribution in [0, 0.1) is 0 Å². The summed E-state index contributed by atoms with van der Waals surface area (Å²) in [6, 6.07) is 3.34. The predicted octanol–water partition coefficient (Wildman–Crippen LogP) is -1.92. The van der Waals surface area contributed by atoms with Crippen molar-refractivity contribution in [2.75, 3.05) is 45.9 Å². The number of pyridine rings is 2. The summed E-state index contributed by atoms with van der Waals surface area (Å²) in [6.07, 6.45) is 6.11. The summed E-state index contributed by atoms with van der Waals surface area (Å²) >= 11 is 0. The number of carboxylic acids is 1. The van der Waals surface area contributed by atoms with Gasteiger partial charge in [-0.1, -0.05) is 0 Å². The fraction of sp³-hybridized carbons (Fsp3) is 0.429. The van der Waals surface area contributed by atoms with Gasteiger partial charge in [0.1, 0.15) is 24.8 Å². The van der Waals surface area contributed by atoms with Crippen LogP contribution in [0.2, 0.25) is 0 Å². The van der Waals surface area contributed by atoms with Crippen molar-refractivity contribution in [2.45, 2.75) is 32.0 Å². The molecule has 2 aromatic rings. The molecule has 0 bridgehead atoms. The molecule has 0 radical (unpaired) electrons. The van der Waals surface area contributed by atoms with Crippen LogP contribution in [0.3, 0.4) is 0 Å². The van der Waals surface area contributed by atoms with Gasteiger partial charge in [-0.15, -0.1) is 0 Å². The van der Waals surface area contributed by atoms with Crippen molar-refractivity contribution < 1.29 is 39.2 Å². The molecule has 0 spiro atoms. The molecule has 4 heterocycles. The number of carbonyl (C=O) groups excluding carboxylic acids is 3. The number of amides is 2. The van der Waals surface area contributed by atoms with E-state index in [-0.39, 0.29) is 19.1 Å². The number of carboxylic acid groups (broad SMARTS) is 1. The highest BCUT2D eigenvalue weighted by molar-refractivity contribution is 5.96. The van der Waals surface area contributed by atoms with Gasteiger partial charge in [-0.05, 0) is 30.2 Å². The number of aliphatic hydroxyl groups is 2. The van der Waals surface area contributed by atoms with E-state index in [4.69, 9.17) is 9.84 Å². The minimum atomic E-state index is -1.10. The normalized spacial score (nSPS) is 17.2. The summed E-state index contributed by atoms with van der Waals surface area (Å²) in [5.74, 6) is -0.982. The molecule has 2 aliphatic heterocycles. The largest absolute Gasteiger partial charge is 0.480 e. The number of ether oxygens (including phenoxy) is 1. The van der Waals surface area contributed by atoms with Crippen LogP contribution in [0.4, 0.5) is 0 Å². The van der Waals surface area contributed by atoms with Gasteiger partial charge in [0, 0.05) is 50.7 Å². The molecule has 0 saturated heterocycles. The molecular formula is C28H36N8O8. The third kappa shape index (κ3) is 11.7. The lowest BCUT2D eigenvalue weighted by Crippen LogP contribution is -2.39. The monoisotopic (exact) mass is 612 g/mol. The topological polar surface area (TPSA) is 237 Å². The van der Waals surface area contributed by atoms with E-state index in [9.17, 15) is 29.4 Å². The Hall–Kier alpha value is -4.96. The van der Waals surface area contributed by atoms with Gasteiger partial charge < -0.3 is 41.3 Å². The van der Waals surface area contributed by atoms with Crippen LogP contribution in [0.15, 0.2) is 46.9 Å². The molecule has 44 heavy (non-hydrogen) atoms. The number of hydrogen-bond acceptors (Lipinski definition) is 13. The first-order valence-corrected chi connectivity index (χ1v) is 13.8. The van der Waals surface area contributed by atoms with E-state index in [0.29, 0.717) is 50.1 Å². The zero-order valence-corrected chi connectivity index (χ0v) is 24.2. The highest BCUT2D eigenvalue weighted by Crippen LogP contribution is 2.07. The first-order chi connectivity index (χ1) is 21.1. The Morgan fingerprint density at radius 3 is 1.70 bits per heavy atom. The number of esters is 1. The molecule has 2 amide bonds. The van der Waals surface area contributed by atoms with Crippen molar-refractivity contribution in [3.05, 3.63) is 59.2 Å². The molecule has 2 aliphatic rings. The SMILES string of the molecule is CCOC(=O)CNC(=O)c1cncc(CC2=NCC(O)CN2)c1.O=C(O)CNC(=O)c1cncc(CC2=NCC(O)CN2)c1. The first kappa shape index (κ1) is 33.5. The molecule has 0 aromatic carbocycles. The van der Waals surface area contributed by atoms with Gasteiger partial charge in [-0.3, -0.25) is 39.1 Å². The lowest BCUT2D eigenvalue weighted by Gasteiger charge is -2.19. The van der Waals surface area contributed by atoms with Gasteiger partial charge in [0.2, 0.25) is 0 Å². The molecule has 0 saturated carbocycles. The van der Waals surface area contributed by atoms with E-state index in [1.807, 2.05) is 0 Å². The average Bonchev–Trinajstić information content (AvgIpc) is 3.01. The number of nitrogens with zero attached hydrogens (tertiary/aromatic N) is 4. The van der Waals surface area contributed by atoms with Crippen LogP contribution < -0.4 is 21.3 Å². The number of rotatable bonds is 11. The number of aliphatic carboxylic acids is 1. The van der Waals surface area contributed by atoms with Crippen molar-refractivity contribution >= 4 is 35.4 Å². The number of aromatic nitrogens is 2. The van der Waals surface area contributed by atoms with Crippen molar-refractivity contribution in [1.29, 1.82) is 0 Å². The summed E-state index contributed by atoms with van der Waals surface area (Å²) in [7, 11) is 0. The van der Waals surface area contributed by atoms with Crippen LogP contribution in [-0.4, -0.2) is 119 Å². The van der Waals surface area contributed by atoms with Crippen molar-refractivity contribution in [2.24, 2.45) is 9.98 Å². The van der Waals surface area contributed by atoms with E-state index >= 15 is 0 Å². The minimum Gasteiger partial charge on any atom is -0.480 e. The van der Waals surface area contributed by atoms with E-state index in [1.165, 1.54) is 12.4 Å². The summed E-state index contributed by atoms with van der Waals surface area (Å²) in [5, 5.41) is 38.0. The summed E-state index contributed by atoms with van der Waals surface area (Å²) in [4.78, 5) is 61.8. The maximum atomic E-state index is 12.0. The van der Waals surface area contributed by atoms with Crippen LogP contribution in [-0.2, 0) is 27.2 Å². The fourth-order valence-corrected chi connectivity index (χ4v) is 3.91. The number of β-amino-alcohol motifs (C(OH)–C–C–N with tert-alkyl or cyclic N) is 2. The lowest BCUT2D eigenvalue weighted by atomic mass is 10.1. The van der Waals surface area contributed by atoms with E-state index in [0.717, 1.165) is 22.8 Å². The average molecular weight is 613 g/mol. The zero-order chi connectivity index (χ0) is 31.9. The van der Waals surface area contributed by atoms with Gasteiger partial charge in [0.15, 0.2) is 0 Å². The first-order valence-electron chi connectivity index (χ1n) is 13.8. The Morgan fingerprint density at radius 2 is 1.30 bits per heavy atom. The van der Waals surface area contributed by atoms with E-state index < -0.39 is 36.6 Å². The Labute approximate surface area is 253 Å². The maximum absolute atomic E-state index is 12.0. The second-order valence-corrected chi connectivity index (χ2v) is 9.73. The Bertz CT molecular complexity index is 1380. The highest BCUT2D eigenvalue weighted by Gasteiger charge is 2.15. The Kier molecular flexibility index (Phi) is 13.1. The number of aliphatic imine (C=N–C) groups is 2. The minimum absolute atomic E-state index is 0.178. The number of carbonyl (C=O) groups is 4. The van der Waals surface area contributed by atoms with Gasteiger partial charge in [0.25, 0.3) is 11.8 Å².